The maximum atomic E-state index is 12.7. The van der Waals surface area contributed by atoms with E-state index in [0.717, 1.165) is 18.0 Å². The van der Waals surface area contributed by atoms with E-state index in [2.05, 4.69) is 4.98 Å². The van der Waals surface area contributed by atoms with E-state index in [1.54, 1.807) is 21.9 Å². The third kappa shape index (κ3) is 4.63. The van der Waals surface area contributed by atoms with Crippen LogP contribution in [0.25, 0.3) is 6.08 Å². The van der Waals surface area contributed by atoms with Gasteiger partial charge in [0.1, 0.15) is 17.3 Å². The van der Waals surface area contributed by atoms with Crippen LogP contribution in [-0.2, 0) is 11.0 Å². The van der Waals surface area contributed by atoms with Crippen LogP contribution in [0.5, 0.6) is 0 Å². The first-order chi connectivity index (χ1) is 12.7. The number of alkyl halides is 3. The lowest BCUT2D eigenvalue weighted by Gasteiger charge is -2.35. The van der Waals surface area contributed by atoms with Crippen molar-refractivity contribution in [3.63, 3.8) is 0 Å². The van der Waals surface area contributed by atoms with Gasteiger partial charge in [0.15, 0.2) is 0 Å². The molecule has 3 rings (SSSR count). The fourth-order valence-electron chi connectivity index (χ4n) is 2.76. The zero-order valence-corrected chi connectivity index (χ0v) is 15.2. The molecular formula is C18H17ClF3N3O2. The van der Waals surface area contributed by atoms with Crippen LogP contribution in [0, 0.1) is 6.92 Å². The number of anilines is 1. The van der Waals surface area contributed by atoms with Crippen LogP contribution in [0.4, 0.5) is 19.0 Å². The number of hydrogen-bond acceptors (Lipinski definition) is 4. The van der Waals surface area contributed by atoms with Gasteiger partial charge in [0.2, 0.25) is 5.91 Å². The lowest BCUT2D eigenvalue weighted by Crippen LogP contribution is -2.48. The predicted octanol–water partition coefficient (Wildman–Crippen LogP) is 4.02. The Morgan fingerprint density at radius 3 is 2.52 bits per heavy atom. The number of nitrogens with zero attached hydrogens (tertiary/aromatic N) is 3. The molecule has 1 amide bonds. The van der Waals surface area contributed by atoms with Crippen molar-refractivity contribution in [3.8, 4) is 0 Å². The number of pyridine rings is 1. The third-order valence-electron chi connectivity index (χ3n) is 4.19. The molecule has 2 aromatic rings. The molecule has 1 fully saturated rings. The summed E-state index contributed by atoms with van der Waals surface area (Å²) in [6, 6.07) is 4.45. The topological polar surface area (TPSA) is 49.6 Å². The highest BCUT2D eigenvalue weighted by atomic mass is 35.5. The zero-order valence-electron chi connectivity index (χ0n) is 14.5. The minimum Gasteiger partial charge on any atom is -0.462 e. The Morgan fingerprint density at radius 2 is 1.96 bits per heavy atom. The highest BCUT2D eigenvalue weighted by Crippen LogP contribution is 2.33. The average Bonchev–Trinajstić information content (AvgIpc) is 3.04. The smallest absolute Gasteiger partial charge is 0.417 e. The van der Waals surface area contributed by atoms with Crippen LogP contribution in [0.2, 0.25) is 5.02 Å². The molecule has 0 spiro atoms. The van der Waals surface area contributed by atoms with E-state index in [4.69, 9.17) is 16.0 Å². The van der Waals surface area contributed by atoms with Gasteiger partial charge in [0, 0.05) is 38.5 Å². The molecule has 1 aliphatic heterocycles. The van der Waals surface area contributed by atoms with Gasteiger partial charge in [0.05, 0.1) is 10.6 Å². The molecule has 3 heterocycles. The Kier molecular flexibility index (Phi) is 5.46. The summed E-state index contributed by atoms with van der Waals surface area (Å²) >= 11 is 5.98. The van der Waals surface area contributed by atoms with Gasteiger partial charge in [-0.25, -0.2) is 4.98 Å². The normalized spacial score (nSPS) is 15.6. The lowest BCUT2D eigenvalue weighted by atomic mass is 10.2. The Labute approximate surface area is 159 Å². The summed E-state index contributed by atoms with van der Waals surface area (Å²) in [6.07, 6.45) is -0.667. The molecule has 0 bridgehead atoms. The lowest BCUT2D eigenvalue weighted by molar-refractivity contribution is -0.137. The van der Waals surface area contributed by atoms with E-state index in [1.807, 2.05) is 13.0 Å². The van der Waals surface area contributed by atoms with E-state index < -0.39 is 11.7 Å². The summed E-state index contributed by atoms with van der Waals surface area (Å²) in [7, 11) is 0. The molecule has 144 valence electrons. The molecule has 5 nitrogen and oxygen atoms in total. The van der Waals surface area contributed by atoms with Gasteiger partial charge in [-0.05, 0) is 31.2 Å². The molecule has 0 aromatic carbocycles. The second-order valence-corrected chi connectivity index (χ2v) is 6.53. The zero-order chi connectivity index (χ0) is 19.6. The summed E-state index contributed by atoms with van der Waals surface area (Å²) < 4.78 is 43.5. The number of amides is 1. The fraction of sp³-hybridized carbons (Fsp3) is 0.333. The number of aromatic nitrogens is 1. The molecule has 0 aliphatic carbocycles. The van der Waals surface area contributed by atoms with Crippen molar-refractivity contribution in [1.82, 2.24) is 9.88 Å². The first-order valence-electron chi connectivity index (χ1n) is 8.25. The maximum Gasteiger partial charge on any atom is 0.417 e. The van der Waals surface area contributed by atoms with Crippen LogP contribution in [0.15, 0.2) is 34.9 Å². The molecule has 0 atom stereocenters. The molecular weight excluding hydrogens is 383 g/mol. The van der Waals surface area contributed by atoms with E-state index in [0.29, 0.717) is 37.8 Å². The van der Waals surface area contributed by atoms with Crippen LogP contribution in [0.1, 0.15) is 17.1 Å². The number of carbonyl (C=O) groups excluding carboxylic acids is 1. The number of carbonyl (C=O) groups is 1. The second-order valence-electron chi connectivity index (χ2n) is 6.12. The van der Waals surface area contributed by atoms with Gasteiger partial charge in [0.25, 0.3) is 0 Å². The number of halogens is 4. The Hall–Kier alpha value is -2.48. The molecule has 0 radical (unpaired) electrons. The molecule has 2 aromatic heterocycles. The first kappa shape index (κ1) is 19.3. The van der Waals surface area contributed by atoms with Gasteiger partial charge in [-0.3, -0.25) is 4.79 Å². The van der Waals surface area contributed by atoms with Crippen LogP contribution in [-0.4, -0.2) is 42.0 Å². The van der Waals surface area contributed by atoms with Gasteiger partial charge < -0.3 is 14.2 Å². The van der Waals surface area contributed by atoms with Gasteiger partial charge in [-0.15, -0.1) is 0 Å². The van der Waals surface area contributed by atoms with Crippen molar-refractivity contribution < 1.29 is 22.4 Å². The maximum absolute atomic E-state index is 12.7. The van der Waals surface area contributed by atoms with Gasteiger partial charge in [-0.2, -0.15) is 13.2 Å². The number of furan rings is 1. The minimum atomic E-state index is -4.49. The van der Waals surface area contributed by atoms with Crippen molar-refractivity contribution in [3.05, 3.63) is 52.6 Å². The number of rotatable bonds is 3. The van der Waals surface area contributed by atoms with Gasteiger partial charge >= 0.3 is 6.18 Å². The van der Waals surface area contributed by atoms with Crippen molar-refractivity contribution in [2.24, 2.45) is 0 Å². The Balaban J connectivity index is 1.60. The SMILES string of the molecule is Cc1ccc(/C=C/C(=O)N2CCN(c3ncc(C(F)(F)F)cc3Cl)CC2)o1. The fourth-order valence-corrected chi connectivity index (χ4v) is 3.04. The number of aryl methyl sites for hydroxylation is 1. The van der Waals surface area contributed by atoms with Crippen LogP contribution >= 0.6 is 11.6 Å². The predicted molar refractivity (Wildman–Crippen MR) is 95.5 cm³/mol. The van der Waals surface area contributed by atoms with Crippen molar-refractivity contribution >= 4 is 29.4 Å². The summed E-state index contributed by atoms with van der Waals surface area (Å²) in [4.78, 5) is 19.5. The Morgan fingerprint density at radius 1 is 1.26 bits per heavy atom. The molecule has 27 heavy (non-hydrogen) atoms. The molecule has 0 saturated carbocycles. The van der Waals surface area contributed by atoms with Crippen molar-refractivity contribution in [2.75, 3.05) is 31.1 Å². The monoisotopic (exact) mass is 399 g/mol. The van der Waals surface area contributed by atoms with Crippen LogP contribution < -0.4 is 4.90 Å². The van der Waals surface area contributed by atoms with E-state index in [9.17, 15) is 18.0 Å². The summed E-state index contributed by atoms with van der Waals surface area (Å²) in [5.41, 5.74) is -0.886. The largest absolute Gasteiger partial charge is 0.462 e. The quantitative estimate of drug-likeness (QED) is 0.731. The molecule has 9 heteroatoms. The second kappa shape index (κ2) is 7.64. The average molecular weight is 400 g/mol. The number of hydrogen-bond donors (Lipinski definition) is 0. The van der Waals surface area contributed by atoms with E-state index >= 15 is 0 Å². The summed E-state index contributed by atoms with van der Waals surface area (Å²) in [5, 5.41) is -0.0577. The minimum absolute atomic E-state index is 0.0577. The van der Waals surface area contributed by atoms with E-state index in [1.165, 1.54) is 6.08 Å². The molecule has 0 unspecified atom stereocenters. The molecule has 0 N–H and O–H groups in total. The summed E-state index contributed by atoms with van der Waals surface area (Å²) in [6.45, 7) is 3.51. The highest BCUT2D eigenvalue weighted by molar-refractivity contribution is 6.33. The third-order valence-corrected chi connectivity index (χ3v) is 4.47. The highest BCUT2D eigenvalue weighted by Gasteiger charge is 2.32. The van der Waals surface area contributed by atoms with Gasteiger partial charge in [-0.1, -0.05) is 11.6 Å². The summed E-state index contributed by atoms with van der Waals surface area (Å²) in [5.74, 6) is 1.49. The standard InChI is InChI=1S/C18H17ClF3N3O2/c1-12-2-3-14(27-12)4-5-16(26)24-6-8-25(9-7-24)17-15(19)10-13(11-23-17)18(20,21)22/h2-5,10-11H,6-9H2,1H3/b5-4+. The van der Waals surface area contributed by atoms with Crippen LogP contribution in [0.3, 0.4) is 0 Å². The van der Waals surface area contributed by atoms with E-state index in [-0.39, 0.29) is 10.9 Å². The number of piperazine rings is 1. The Bertz CT molecular complexity index is 856. The van der Waals surface area contributed by atoms with Crippen molar-refractivity contribution in [2.45, 2.75) is 13.1 Å². The van der Waals surface area contributed by atoms with Crippen molar-refractivity contribution in [1.29, 1.82) is 0 Å². The molecule has 1 saturated heterocycles. The first-order valence-corrected chi connectivity index (χ1v) is 8.63. The molecule has 1 aliphatic rings.